The molecule has 0 bridgehead atoms. The number of hydrogen-bond acceptors (Lipinski definition) is 7. The minimum absolute atomic E-state index is 0.0802. The van der Waals surface area contributed by atoms with E-state index in [0.717, 1.165) is 0 Å². The number of aliphatic imine (C=N–C) groups is 1. The zero-order valence-electron chi connectivity index (χ0n) is 18.3. The number of rotatable bonds is 6. The number of benzene rings is 1. The number of carbonyl (C=O) groups excluding carboxylic acids is 2. The molecule has 7 nitrogen and oxygen atoms in total. The quantitative estimate of drug-likeness (QED) is 0.524. The summed E-state index contributed by atoms with van der Waals surface area (Å²) in [5.41, 5.74) is 1.68. The molecule has 160 valence electrons. The molecule has 0 radical (unpaired) electrons. The molecule has 0 saturated carbocycles. The lowest BCUT2D eigenvalue weighted by Crippen LogP contribution is -2.39. The van der Waals surface area contributed by atoms with E-state index in [9.17, 15) is 14.9 Å². The maximum absolute atomic E-state index is 13.1. The largest absolute Gasteiger partial charge is 0.460 e. The van der Waals surface area contributed by atoms with Crippen LogP contribution in [0.2, 0.25) is 0 Å². The van der Waals surface area contributed by atoms with Gasteiger partial charge in [0.25, 0.3) is 0 Å². The first kappa shape index (κ1) is 23.3. The topological polar surface area (TPSA) is 98.0 Å². The normalized spacial score (nSPS) is 19.0. The van der Waals surface area contributed by atoms with Gasteiger partial charge < -0.3 is 14.2 Å². The number of methoxy groups -OCH3 is 1. The third-order valence-electron chi connectivity index (χ3n) is 4.60. The van der Waals surface area contributed by atoms with Gasteiger partial charge >= 0.3 is 11.9 Å². The van der Waals surface area contributed by atoms with Crippen LogP contribution in [0.4, 0.5) is 0 Å². The molecule has 0 N–H and O–H groups in total. The molecule has 0 amide bonds. The highest BCUT2D eigenvalue weighted by atomic mass is 16.6. The van der Waals surface area contributed by atoms with Gasteiger partial charge in [-0.05, 0) is 52.3 Å². The molecule has 0 aromatic heterocycles. The van der Waals surface area contributed by atoms with Crippen LogP contribution in [0.5, 0.6) is 0 Å². The second-order valence-electron chi connectivity index (χ2n) is 8.11. The number of ether oxygens (including phenoxy) is 3. The van der Waals surface area contributed by atoms with Crippen molar-refractivity contribution in [2.75, 3.05) is 20.3 Å². The van der Waals surface area contributed by atoms with Crippen LogP contribution < -0.4 is 0 Å². The summed E-state index contributed by atoms with van der Waals surface area (Å²) in [4.78, 5) is 30.6. The van der Waals surface area contributed by atoms with Crippen LogP contribution in [0.25, 0.3) is 0 Å². The van der Waals surface area contributed by atoms with E-state index in [2.05, 4.69) is 11.1 Å². The van der Waals surface area contributed by atoms with E-state index in [1.54, 1.807) is 58.9 Å². The van der Waals surface area contributed by atoms with Gasteiger partial charge in [-0.15, -0.1) is 0 Å². The molecule has 0 saturated heterocycles. The highest BCUT2D eigenvalue weighted by Gasteiger charge is 2.43. The highest BCUT2D eigenvalue weighted by molar-refractivity contribution is 6.07. The summed E-state index contributed by atoms with van der Waals surface area (Å²) in [6.07, 6.45) is 0. The first-order chi connectivity index (χ1) is 14.1. The molecular formula is C23H28N2O5. The number of allylic oxidation sites excluding steroid dienone is 1. The fourth-order valence-electron chi connectivity index (χ4n) is 3.43. The van der Waals surface area contributed by atoms with Crippen molar-refractivity contribution in [3.8, 4) is 6.07 Å². The molecule has 0 fully saturated rings. The Balaban J connectivity index is 2.58. The lowest BCUT2D eigenvalue weighted by atomic mass is 9.75. The molecule has 1 aliphatic heterocycles. The fraction of sp³-hybridized carbons (Fsp3) is 0.478. The van der Waals surface area contributed by atoms with E-state index in [4.69, 9.17) is 14.2 Å². The van der Waals surface area contributed by atoms with Crippen molar-refractivity contribution in [1.29, 1.82) is 5.26 Å². The molecule has 1 aromatic carbocycles. The van der Waals surface area contributed by atoms with E-state index in [-0.39, 0.29) is 18.8 Å². The molecule has 2 rings (SSSR count). The van der Waals surface area contributed by atoms with Gasteiger partial charge in [0.1, 0.15) is 18.1 Å². The van der Waals surface area contributed by atoms with Crippen molar-refractivity contribution < 1.29 is 23.8 Å². The number of hydrogen-bond donors (Lipinski definition) is 0. The Hall–Kier alpha value is -2.98. The third kappa shape index (κ3) is 5.55. The number of nitrogens with zero attached hydrogens (tertiary/aromatic N) is 2. The summed E-state index contributed by atoms with van der Waals surface area (Å²) in [7, 11) is 1.52. The molecule has 2 unspecified atom stereocenters. The van der Waals surface area contributed by atoms with Crippen LogP contribution in [0.15, 0.2) is 40.5 Å². The van der Waals surface area contributed by atoms with Crippen molar-refractivity contribution >= 4 is 17.7 Å². The molecule has 1 aliphatic rings. The monoisotopic (exact) mass is 412 g/mol. The Kier molecular flexibility index (Phi) is 7.52. The van der Waals surface area contributed by atoms with Gasteiger partial charge in [0.05, 0.1) is 23.8 Å². The summed E-state index contributed by atoms with van der Waals surface area (Å²) in [5, 5.41) is 9.33. The SMILES string of the molecule is COCCOC(=O)C1=C(C)N=C(C)C(C(=O)OC(C)(C)C)C1c1cccc(C#N)c1. The predicted molar refractivity (Wildman–Crippen MR) is 112 cm³/mol. The van der Waals surface area contributed by atoms with Crippen LogP contribution in [0.3, 0.4) is 0 Å². The minimum atomic E-state index is -0.813. The maximum Gasteiger partial charge on any atom is 0.336 e. The summed E-state index contributed by atoms with van der Waals surface area (Å²) in [6, 6.07) is 8.96. The molecule has 1 heterocycles. The zero-order valence-corrected chi connectivity index (χ0v) is 18.3. The molecular weight excluding hydrogens is 384 g/mol. The summed E-state index contributed by atoms with van der Waals surface area (Å²) < 4.78 is 15.9. The Morgan fingerprint density at radius 2 is 1.90 bits per heavy atom. The molecule has 2 atom stereocenters. The van der Waals surface area contributed by atoms with Gasteiger partial charge in [0.2, 0.25) is 0 Å². The van der Waals surface area contributed by atoms with Crippen molar-refractivity contribution in [1.82, 2.24) is 0 Å². The minimum Gasteiger partial charge on any atom is -0.460 e. The highest BCUT2D eigenvalue weighted by Crippen LogP contribution is 2.40. The Labute approximate surface area is 177 Å². The predicted octanol–water partition coefficient (Wildman–Crippen LogP) is 3.54. The van der Waals surface area contributed by atoms with E-state index < -0.39 is 29.4 Å². The van der Waals surface area contributed by atoms with Crippen molar-refractivity contribution in [3.63, 3.8) is 0 Å². The third-order valence-corrected chi connectivity index (χ3v) is 4.60. The Morgan fingerprint density at radius 3 is 2.50 bits per heavy atom. The van der Waals surface area contributed by atoms with Gasteiger partial charge in [-0.25, -0.2) is 4.79 Å². The van der Waals surface area contributed by atoms with Gasteiger partial charge in [0.15, 0.2) is 0 Å². The number of carbonyl (C=O) groups is 2. The van der Waals surface area contributed by atoms with Crippen molar-refractivity contribution in [2.24, 2.45) is 10.9 Å². The van der Waals surface area contributed by atoms with Gasteiger partial charge in [0, 0.05) is 24.4 Å². The Bertz CT molecular complexity index is 918. The Morgan fingerprint density at radius 1 is 1.20 bits per heavy atom. The van der Waals surface area contributed by atoms with Crippen LogP contribution in [0.1, 0.15) is 51.7 Å². The second kappa shape index (κ2) is 9.68. The second-order valence-corrected chi connectivity index (χ2v) is 8.11. The first-order valence-electron chi connectivity index (χ1n) is 9.74. The van der Waals surface area contributed by atoms with Gasteiger partial charge in [-0.1, -0.05) is 12.1 Å². The van der Waals surface area contributed by atoms with Crippen LogP contribution in [-0.2, 0) is 23.8 Å². The van der Waals surface area contributed by atoms with Crippen molar-refractivity contribution in [2.45, 2.75) is 46.1 Å². The lowest BCUT2D eigenvalue weighted by Gasteiger charge is -2.33. The molecule has 0 aliphatic carbocycles. The summed E-state index contributed by atoms with van der Waals surface area (Å²) >= 11 is 0. The van der Waals surface area contributed by atoms with Gasteiger partial charge in [-0.2, -0.15) is 5.26 Å². The maximum atomic E-state index is 13.1. The molecule has 0 spiro atoms. The van der Waals surface area contributed by atoms with E-state index in [1.807, 2.05) is 0 Å². The average Bonchev–Trinajstić information content (AvgIpc) is 2.66. The van der Waals surface area contributed by atoms with Crippen molar-refractivity contribution in [3.05, 3.63) is 46.7 Å². The number of nitriles is 1. The lowest BCUT2D eigenvalue weighted by molar-refractivity contribution is -0.158. The van der Waals surface area contributed by atoms with Gasteiger partial charge in [-0.3, -0.25) is 9.79 Å². The average molecular weight is 412 g/mol. The summed E-state index contributed by atoms with van der Waals surface area (Å²) in [6.45, 7) is 9.14. The van der Waals surface area contributed by atoms with Crippen LogP contribution >= 0.6 is 0 Å². The van der Waals surface area contributed by atoms with Crippen LogP contribution in [-0.4, -0.2) is 43.6 Å². The molecule has 1 aromatic rings. The van der Waals surface area contributed by atoms with E-state index >= 15 is 0 Å². The first-order valence-corrected chi connectivity index (χ1v) is 9.74. The summed E-state index contributed by atoms with van der Waals surface area (Å²) in [5.74, 6) is -2.54. The smallest absolute Gasteiger partial charge is 0.336 e. The molecule has 7 heteroatoms. The van der Waals surface area contributed by atoms with E-state index in [0.29, 0.717) is 22.5 Å². The van der Waals surface area contributed by atoms with E-state index in [1.165, 1.54) is 7.11 Å². The number of esters is 2. The van der Waals surface area contributed by atoms with Crippen LogP contribution in [0, 0.1) is 17.2 Å². The molecule has 30 heavy (non-hydrogen) atoms. The fourth-order valence-corrected chi connectivity index (χ4v) is 3.43. The standard InChI is InChI=1S/C23H28N2O5/c1-14-18(21(26)29-11-10-28-6)20(17-9-7-8-16(12-17)13-24)19(15(2)25-14)22(27)30-23(3,4)5/h7-9,12,19-20H,10-11H2,1-6H3. The zero-order chi connectivity index (χ0) is 22.5.